The molecule has 0 aliphatic heterocycles. The Morgan fingerprint density at radius 2 is 1.71 bits per heavy atom. The smallest absolute Gasteiger partial charge is 0.169 e. The Labute approximate surface area is 105 Å². The average molecular weight is 245 g/mol. The maximum absolute atomic E-state index is 9.57. The molecule has 102 valence electrons. The minimum atomic E-state index is -0.199. The van der Waals surface area contributed by atoms with Crippen LogP contribution in [-0.4, -0.2) is 43.3 Å². The first-order chi connectivity index (χ1) is 8.26. The van der Waals surface area contributed by atoms with Gasteiger partial charge in [-0.05, 0) is 26.7 Å². The molecule has 1 aliphatic rings. The maximum atomic E-state index is 9.57. The SMILES string of the molecule is CCOC(CNC1(CO)CCCCC1)OCC. The van der Waals surface area contributed by atoms with Crippen molar-refractivity contribution in [3.8, 4) is 0 Å². The molecule has 0 heterocycles. The van der Waals surface area contributed by atoms with Crippen molar-refractivity contribution in [2.75, 3.05) is 26.4 Å². The van der Waals surface area contributed by atoms with E-state index >= 15 is 0 Å². The van der Waals surface area contributed by atoms with Gasteiger partial charge in [0.15, 0.2) is 6.29 Å². The summed E-state index contributed by atoms with van der Waals surface area (Å²) in [6, 6.07) is 0. The van der Waals surface area contributed by atoms with Crippen molar-refractivity contribution in [2.24, 2.45) is 0 Å². The molecule has 4 heteroatoms. The molecule has 0 saturated heterocycles. The molecule has 1 saturated carbocycles. The van der Waals surface area contributed by atoms with Crippen molar-refractivity contribution in [1.29, 1.82) is 0 Å². The summed E-state index contributed by atoms with van der Waals surface area (Å²) in [5.74, 6) is 0. The predicted octanol–water partition coefficient (Wildman–Crippen LogP) is 1.67. The van der Waals surface area contributed by atoms with Gasteiger partial charge < -0.3 is 19.9 Å². The zero-order valence-corrected chi connectivity index (χ0v) is 11.2. The Balaban J connectivity index is 2.38. The van der Waals surface area contributed by atoms with Crippen LogP contribution in [0.15, 0.2) is 0 Å². The topological polar surface area (TPSA) is 50.7 Å². The Bertz CT molecular complexity index is 187. The Hall–Kier alpha value is -0.160. The van der Waals surface area contributed by atoms with Crippen LogP contribution in [0.25, 0.3) is 0 Å². The summed E-state index contributed by atoms with van der Waals surface area (Å²) in [6.07, 6.45) is 5.57. The molecule has 1 rings (SSSR count). The van der Waals surface area contributed by atoms with Crippen LogP contribution < -0.4 is 5.32 Å². The monoisotopic (exact) mass is 245 g/mol. The molecule has 0 bridgehead atoms. The van der Waals surface area contributed by atoms with E-state index < -0.39 is 0 Å². The van der Waals surface area contributed by atoms with Gasteiger partial charge in [-0.25, -0.2) is 0 Å². The molecule has 0 aromatic heterocycles. The molecule has 0 radical (unpaired) electrons. The van der Waals surface area contributed by atoms with Gasteiger partial charge >= 0.3 is 0 Å². The van der Waals surface area contributed by atoms with Crippen molar-refractivity contribution in [1.82, 2.24) is 5.32 Å². The summed E-state index contributed by atoms with van der Waals surface area (Å²) in [5, 5.41) is 13.0. The number of ether oxygens (including phenoxy) is 2. The Morgan fingerprint density at radius 3 is 2.18 bits per heavy atom. The van der Waals surface area contributed by atoms with Crippen molar-refractivity contribution < 1.29 is 14.6 Å². The molecule has 0 aromatic carbocycles. The van der Waals surface area contributed by atoms with Crippen molar-refractivity contribution >= 4 is 0 Å². The summed E-state index contributed by atoms with van der Waals surface area (Å²) in [4.78, 5) is 0. The fraction of sp³-hybridized carbons (Fsp3) is 1.00. The lowest BCUT2D eigenvalue weighted by atomic mass is 9.82. The average Bonchev–Trinajstić information content (AvgIpc) is 2.38. The highest BCUT2D eigenvalue weighted by molar-refractivity contribution is 4.90. The minimum absolute atomic E-state index is 0.106. The first-order valence-electron chi connectivity index (χ1n) is 6.85. The van der Waals surface area contributed by atoms with E-state index in [-0.39, 0.29) is 18.4 Å². The third kappa shape index (κ3) is 4.92. The molecule has 0 unspecified atom stereocenters. The van der Waals surface area contributed by atoms with E-state index in [4.69, 9.17) is 9.47 Å². The molecule has 17 heavy (non-hydrogen) atoms. The number of hydrogen-bond acceptors (Lipinski definition) is 4. The molecular weight excluding hydrogens is 218 g/mol. The van der Waals surface area contributed by atoms with Gasteiger partial charge in [-0.15, -0.1) is 0 Å². The second-order valence-electron chi connectivity index (χ2n) is 4.72. The van der Waals surface area contributed by atoms with Crippen LogP contribution >= 0.6 is 0 Å². The fourth-order valence-electron chi connectivity index (χ4n) is 2.46. The van der Waals surface area contributed by atoms with Crippen molar-refractivity contribution in [2.45, 2.75) is 57.8 Å². The standard InChI is InChI=1S/C13H27NO3/c1-3-16-12(17-4-2)10-14-13(11-15)8-6-5-7-9-13/h12,14-15H,3-11H2,1-2H3. The summed E-state index contributed by atoms with van der Waals surface area (Å²) in [7, 11) is 0. The second-order valence-corrected chi connectivity index (χ2v) is 4.72. The number of hydrogen-bond donors (Lipinski definition) is 2. The van der Waals surface area contributed by atoms with Crippen molar-refractivity contribution in [3.63, 3.8) is 0 Å². The molecule has 4 nitrogen and oxygen atoms in total. The molecule has 0 aromatic rings. The maximum Gasteiger partial charge on any atom is 0.169 e. The molecule has 0 amide bonds. The van der Waals surface area contributed by atoms with Gasteiger partial charge in [-0.1, -0.05) is 19.3 Å². The highest BCUT2D eigenvalue weighted by Gasteiger charge is 2.31. The molecule has 0 spiro atoms. The van der Waals surface area contributed by atoms with E-state index in [9.17, 15) is 5.11 Å². The normalized spacial score (nSPS) is 19.8. The van der Waals surface area contributed by atoms with Crippen LogP contribution in [0, 0.1) is 0 Å². The Morgan fingerprint density at radius 1 is 1.12 bits per heavy atom. The molecule has 0 atom stereocenters. The Kier molecular flexibility index (Phi) is 7.04. The van der Waals surface area contributed by atoms with Gasteiger partial charge in [-0.2, -0.15) is 0 Å². The fourth-order valence-corrected chi connectivity index (χ4v) is 2.46. The zero-order chi connectivity index (χ0) is 12.6. The second kappa shape index (κ2) is 8.03. The van der Waals surface area contributed by atoms with Gasteiger partial charge in [0.05, 0.1) is 6.61 Å². The third-order valence-electron chi connectivity index (χ3n) is 3.46. The summed E-state index contributed by atoms with van der Waals surface area (Å²) in [5.41, 5.74) is -0.106. The first-order valence-corrected chi connectivity index (χ1v) is 6.85. The van der Waals surface area contributed by atoms with Gasteiger partial charge in [0.1, 0.15) is 0 Å². The molecule has 2 N–H and O–H groups in total. The lowest BCUT2D eigenvalue weighted by Gasteiger charge is -2.37. The lowest BCUT2D eigenvalue weighted by Crippen LogP contribution is -2.52. The molecular formula is C13H27NO3. The van der Waals surface area contributed by atoms with E-state index in [2.05, 4.69) is 5.32 Å². The van der Waals surface area contributed by atoms with Crippen LogP contribution in [-0.2, 0) is 9.47 Å². The summed E-state index contributed by atoms with van der Waals surface area (Å²) < 4.78 is 11.0. The highest BCUT2D eigenvalue weighted by atomic mass is 16.7. The van der Waals surface area contributed by atoms with Crippen LogP contribution in [0.1, 0.15) is 46.0 Å². The quantitative estimate of drug-likeness (QED) is 0.639. The number of aliphatic hydroxyl groups is 1. The van der Waals surface area contributed by atoms with E-state index in [1.807, 2.05) is 13.8 Å². The number of aliphatic hydroxyl groups excluding tert-OH is 1. The highest BCUT2D eigenvalue weighted by Crippen LogP contribution is 2.27. The van der Waals surface area contributed by atoms with E-state index in [0.717, 1.165) is 12.8 Å². The van der Waals surface area contributed by atoms with E-state index in [1.54, 1.807) is 0 Å². The molecule has 1 aliphatic carbocycles. The van der Waals surface area contributed by atoms with Crippen LogP contribution in [0.5, 0.6) is 0 Å². The van der Waals surface area contributed by atoms with Gasteiger partial charge in [0, 0.05) is 25.3 Å². The minimum Gasteiger partial charge on any atom is -0.394 e. The molecule has 1 fully saturated rings. The lowest BCUT2D eigenvalue weighted by molar-refractivity contribution is -0.136. The third-order valence-corrected chi connectivity index (χ3v) is 3.46. The van der Waals surface area contributed by atoms with E-state index in [0.29, 0.717) is 19.8 Å². The number of rotatable bonds is 8. The zero-order valence-electron chi connectivity index (χ0n) is 11.2. The largest absolute Gasteiger partial charge is 0.394 e. The van der Waals surface area contributed by atoms with Crippen LogP contribution in [0.4, 0.5) is 0 Å². The van der Waals surface area contributed by atoms with Gasteiger partial charge in [-0.3, -0.25) is 0 Å². The van der Waals surface area contributed by atoms with Gasteiger partial charge in [0.2, 0.25) is 0 Å². The van der Waals surface area contributed by atoms with Gasteiger partial charge in [0.25, 0.3) is 0 Å². The van der Waals surface area contributed by atoms with Crippen LogP contribution in [0.3, 0.4) is 0 Å². The van der Waals surface area contributed by atoms with Crippen LogP contribution in [0.2, 0.25) is 0 Å². The predicted molar refractivity (Wildman–Crippen MR) is 67.9 cm³/mol. The van der Waals surface area contributed by atoms with E-state index in [1.165, 1.54) is 19.3 Å². The summed E-state index contributed by atoms with van der Waals surface area (Å²) in [6.45, 7) is 6.10. The number of nitrogens with one attached hydrogen (secondary N) is 1. The summed E-state index contributed by atoms with van der Waals surface area (Å²) >= 11 is 0. The first kappa shape index (κ1) is 14.9. The van der Waals surface area contributed by atoms with Crippen molar-refractivity contribution in [3.05, 3.63) is 0 Å².